The Morgan fingerprint density at radius 3 is 3.12 bits per heavy atom. The molecular formula is C13H17N3S. The first-order valence-electron chi connectivity index (χ1n) is 5.90. The van der Waals surface area contributed by atoms with Crippen LogP contribution in [0.3, 0.4) is 0 Å². The number of rotatable bonds is 2. The first-order chi connectivity index (χ1) is 8.24. The van der Waals surface area contributed by atoms with Crippen molar-refractivity contribution in [1.29, 1.82) is 5.26 Å². The van der Waals surface area contributed by atoms with Gasteiger partial charge in [-0.2, -0.15) is 17.0 Å². The van der Waals surface area contributed by atoms with Gasteiger partial charge in [-0.05, 0) is 24.6 Å². The minimum absolute atomic E-state index is 0.565. The summed E-state index contributed by atoms with van der Waals surface area (Å²) in [5.74, 6) is 1.16. The first kappa shape index (κ1) is 12.1. The van der Waals surface area contributed by atoms with Crippen molar-refractivity contribution in [3.63, 3.8) is 0 Å². The molecule has 0 amide bonds. The molecule has 1 heterocycles. The van der Waals surface area contributed by atoms with E-state index >= 15 is 0 Å². The topological polar surface area (TPSA) is 53.0 Å². The smallest absolute Gasteiger partial charge is 0.101 e. The largest absolute Gasteiger partial charge is 0.398 e. The highest BCUT2D eigenvalue weighted by Crippen LogP contribution is 2.27. The fraction of sp³-hybridized carbons (Fsp3) is 0.462. The van der Waals surface area contributed by atoms with Crippen molar-refractivity contribution in [3.05, 3.63) is 23.8 Å². The third-order valence-electron chi connectivity index (χ3n) is 3.12. The van der Waals surface area contributed by atoms with E-state index in [2.05, 4.69) is 17.9 Å². The van der Waals surface area contributed by atoms with Crippen LogP contribution in [0.4, 0.5) is 11.4 Å². The highest BCUT2D eigenvalue weighted by molar-refractivity contribution is 8.00. The van der Waals surface area contributed by atoms with Gasteiger partial charge >= 0.3 is 0 Å². The number of hydrogen-bond acceptors (Lipinski definition) is 4. The standard InChI is InChI=1S/C13H17N3S/c1-2-12-9-16(5-6-17-12)11-3-4-13(15)10(7-11)8-14/h3-4,7,12H,2,5-6,9,15H2,1H3. The van der Waals surface area contributed by atoms with Gasteiger partial charge in [0.05, 0.1) is 5.56 Å². The lowest BCUT2D eigenvalue weighted by molar-refractivity contribution is 0.728. The molecule has 0 saturated carbocycles. The van der Waals surface area contributed by atoms with Crippen molar-refractivity contribution in [2.75, 3.05) is 29.5 Å². The normalized spacial score (nSPS) is 20.0. The second-order valence-electron chi connectivity index (χ2n) is 4.23. The van der Waals surface area contributed by atoms with Crippen LogP contribution in [0, 0.1) is 11.3 Å². The zero-order valence-corrected chi connectivity index (χ0v) is 10.8. The third kappa shape index (κ3) is 2.67. The van der Waals surface area contributed by atoms with E-state index in [-0.39, 0.29) is 0 Å². The van der Waals surface area contributed by atoms with E-state index in [4.69, 9.17) is 11.0 Å². The molecule has 0 bridgehead atoms. The Bertz CT molecular complexity index is 439. The molecule has 1 aliphatic rings. The molecule has 1 unspecified atom stereocenters. The number of nitrogen functional groups attached to an aromatic ring is 1. The molecule has 3 nitrogen and oxygen atoms in total. The molecule has 90 valence electrons. The van der Waals surface area contributed by atoms with Crippen molar-refractivity contribution in [2.24, 2.45) is 0 Å². The maximum atomic E-state index is 8.99. The minimum Gasteiger partial charge on any atom is -0.398 e. The van der Waals surface area contributed by atoms with Crippen molar-refractivity contribution < 1.29 is 0 Å². The Morgan fingerprint density at radius 1 is 1.59 bits per heavy atom. The van der Waals surface area contributed by atoms with Gasteiger partial charge < -0.3 is 10.6 Å². The van der Waals surface area contributed by atoms with Gasteiger partial charge in [-0.3, -0.25) is 0 Å². The Balaban J connectivity index is 2.19. The summed E-state index contributed by atoms with van der Waals surface area (Å²) in [5, 5.41) is 9.69. The van der Waals surface area contributed by atoms with Crippen LogP contribution in [-0.4, -0.2) is 24.1 Å². The minimum atomic E-state index is 0.565. The van der Waals surface area contributed by atoms with Crippen LogP contribution in [0.25, 0.3) is 0 Å². The van der Waals surface area contributed by atoms with Crippen molar-refractivity contribution in [2.45, 2.75) is 18.6 Å². The number of benzene rings is 1. The predicted molar refractivity (Wildman–Crippen MR) is 74.3 cm³/mol. The van der Waals surface area contributed by atoms with Gasteiger partial charge in [0.1, 0.15) is 6.07 Å². The van der Waals surface area contributed by atoms with E-state index in [0.717, 1.165) is 24.5 Å². The second-order valence-corrected chi connectivity index (χ2v) is 5.64. The average molecular weight is 247 g/mol. The fourth-order valence-electron chi connectivity index (χ4n) is 2.04. The highest BCUT2D eigenvalue weighted by atomic mass is 32.2. The number of nitrogens with zero attached hydrogens (tertiary/aromatic N) is 2. The molecule has 0 radical (unpaired) electrons. The van der Waals surface area contributed by atoms with Crippen LogP contribution in [0.15, 0.2) is 18.2 Å². The second kappa shape index (κ2) is 5.33. The SMILES string of the molecule is CCC1CN(c2ccc(N)c(C#N)c2)CCS1. The summed E-state index contributed by atoms with van der Waals surface area (Å²) in [5.41, 5.74) is 8.00. The lowest BCUT2D eigenvalue weighted by Gasteiger charge is -2.33. The van der Waals surface area contributed by atoms with Crippen LogP contribution < -0.4 is 10.6 Å². The molecule has 1 aromatic carbocycles. The summed E-state index contributed by atoms with van der Waals surface area (Å²) in [6.45, 7) is 4.34. The van der Waals surface area contributed by atoms with Crippen molar-refractivity contribution in [1.82, 2.24) is 0 Å². The summed E-state index contributed by atoms with van der Waals surface area (Å²) < 4.78 is 0. The summed E-state index contributed by atoms with van der Waals surface area (Å²) in [4.78, 5) is 2.35. The van der Waals surface area contributed by atoms with Crippen molar-refractivity contribution in [3.8, 4) is 6.07 Å². The molecule has 2 rings (SSSR count). The van der Waals surface area contributed by atoms with E-state index in [1.54, 1.807) is 0 Å². The molecule has 1 saturated heterocycles. The maximum Gasteiger partial charge on any atom is 0.101 e. The van der Waals surface area contributed by atoms with E-state index in [1.807, 2.05) is 30.0 Å². The molecule has 1 fully saturated rings. The molecule has 0 aromatic heterocycles. The molecule has 17 heavy (non-hydrogen) atoms. The Morgan fingerprint density at radius 2 is 2.41 bits per heavy atom. The number of nitrogens with two attached hydrogens (primary N) is 1. The first-order valence-corrected chi connectivity index (χ1v) is 6.95. The summed E-state index contributed by atoms with van der Waals surface area (Å²) in [6, 6.07) is 7.89. The van der Waals surface area contributed by atoms with Gasteiger partial charge in [0.25, 0.3) is 0 Å². The fourth-order valence-corrected chi connectivity index (χ4v) is 3.22. The quantitative estimate of drug-likeness (QED) is 0.816. The highest BCUT2D eigenvalue weighted by Gasteiger charge is 2.19. The van der Waals surface area contributed by atoms with Gasteiger partial charge in [0.2, 0.25) is 0 Å². The Labute approximate surface area is 107 Å². The molecule has 0 spiro atoms. The van der Waals surface area contributed by atoms with Crippen LogP contribution >= 0.6 is 11.8 Å². The summed E-state index contributed by atoms with van der Waals surface area (Å²) in [7, 11) is 0. The lowest BCUT2D eigenvalue weighted by atomic mass is 10.1. The maximum absolute atomic E-state index is 8.99. The molecule has 2 N–H and O–H groups in total. The summed E-state index contributed by atoms with van der Waals surface area (Å²) >= 11 is 2.04. The van der Waals surface area contributed by atoms with E-state index < -0.39 is 0 Å². The number of thioether (sulfide) groups is 1. The van der Waals surface area contributed by atoms with Gasteiger partial charge in [0.15, 0.2) is 0 Å². The molecule has 4 heteroatoms. The van der Waals surface area contributed by atoms with Crippen LogP contribution in [0.5, 0.6) is 0 Å². The van der Waals surface area contributed by atoms with Crippen LogP contribution in [0.1, 0.15) is 18.9 Å². The lowest BCUT2D eigenvalue weighted by Crippen LogP contribution is -2.37. The van der Waals surface area contributed by atoms with E-state index in [1.165, 1.54) is 6.42 Å². The van der Waals surface area contributed by atoms with Crippen molar-refractivity contribution >= 4 is 23.1 Å². The number of nitriles is 1. The van der Waals surface area contributed by atoms with E-state index in [0.29, 0.717) is 16.5 Å². The molecular weight excluding hydrogens is 230 g/mol. The van der Waals surface area contributed by atoms with Gasteiger partial charge in [-0.25, -0.2) is 0 Å². The average Bonchev–Trinajstić information content (AvgIpc) is 2.39. The predicted octanol–water partition coefficient (Wildman–Crippen LogP) is 2.47. The third-order valence-corrected chi connectivity index (χ3v) is 4.49. The molecule has 1 aliphatic heterocycles. The Hall–Kier alpha value is -1.34. The monoisotopic (exact) mass is 247 g/mol. The van der Waals surface area contributed by atoms with Crippen LogP contribution in [-0.2, 0) is 0 Å². The summed E-state index contributed by atoms with van der Waals surface area (Å²) in [6.07, 6.45) is 1.20. The number of anilines is 2. The Kier molecular flexibility index (Phi) is 3.80. The zero-order valence-electron chi connectivity index (χ0n) is 10.0. The van der Waals surface area contributed by atoms with E-state index in [9.17, 15) is 0 Å². The molecule has 0 aliphatic carbocycles. The zero-order chi connectivity index (χ0) is 12.3. The molecule has 1 aromatic rings. The van der Waals surface area contributed by atoms with Crippen LogP contribution in [0.2, 0.25) is 0 Å². The van der Waals surface area contributed by atoms with Gasteiger partial charge in [-0.1, -0.05) is 6.92 Å². The molecule has 1 atom stereocenters. The van der Waals surface area contributed by atoms with Gasteiger partial charge in [0, 0.05) is 35.5 Å². The number of hydrogen-bond donors (Lipinski definition) is 1. The van der Waals surface area contributed by atoms with Gasteiger partial charge in [-0.15, -0.1) is 0 Å².